The number of carbonyl (C=O) groups is 1. The summed E-state index contributed by atoms with van der Waals surface area (Å²) in [6, 6.07) is 11.0. The van der Waals surface area contributed by atoms with Gasteiger partial charge in [0, 0.05) is 19.0 Å². The number of benzene rings is 1. The number of hydrogen-bond acceptors (Lipinski definition) is 3. The van der Waals surface area contributed by atoms with Crippen LogP contribution in [0.5, 0.6) is 0 Å². The van der Waals surface area contributed by atoms with Gasteiger partial charge in [0.25, 0.3) is 5.91 Å². The van der Waals surface area contributed by atoms with Crippen molar-refractivity contribution in [3.8, 4) is 0 Å². The van der Waals surface area contributed by atoms with Crippen molar-refractivity contribution in [2.75, 3.05) is 13.6 Å². The van der Waals surface area contributed by atoms with E-state index in [9.17, 15) is 4.79 Å². The number of nitrogens with zero attached hydrogens (tertiary/aromatic N) is 4. The van der Waals surface area contributed by atoms with Crippen LogP contribution in [0.2, 0.25) is 0 Å². The lowest BCUT2D eigenvalue weighted by atomic mass is 9.87. The van der Waals surface area contributed by atoms with Gasteiger partial charge in [0.2, 0.25) is 0 Å². The lowest BCUT2D eigenvalue weighted by Gasteiger charge is -2.27. The Bertz CT molecular complexity index is 807. The number of rotatable bonds is 5. The van der Waals surface area contributed by atoms with E-state index < -0.39 is 0 Å². The van der Waals surface area contributed by atoms with Crippen LogP contribution in [0, 0.1) is 5.41 Å². The third-order valence-corrected chi connectivity index (χ3v) is 6.77. The van der Waals surface area contributed by atoms with Crippen LogP contribution in [-0.2, 0) is 5.41 Å². The Balaban J connectivity index is 1.49. The van der Waals surface area contributed by atoms with Crippen LogP contribution in [0.4, 0.5) is 0 Å². The van der Waals surface area contributed by atoms with Crippen LogP contribution >= 0.6 is 0 Å². The Morgan fingerprint density at radius 2 is 1.85 bits per heavy atom. The van der Waals surface area contributed by atoms with E-state index >= 15 is 0 Å². The van der Waals surface area contributed by atoms with Crippen LogP contribution in [0.1, 0.15) is 74.5 Å². The van der Waals surface area contributed by atoms with Crippen molar-refractivity contribution in [3.63, 3.8) is 0 Å². The molecule has 1 atom stereocenters. The summed E-state index contributed by atoms with van der Waals surface area (Å²) in [6.07, 6.45) is 9.00. The van der Waals surface area contributed by atoms with Gasteiger partial charge in [-0.25, -0.2) is 4.68 Å². The van der Waals surface area contributed by atoms with E-state index in [0.717, 1.165) is 19.3 Å². The maximum Gasteiger partial charge on any atom is 0.275 e. The van der Waals surface area contributed by atoms with Gasteiger partial charge in [-0.05, 0) is 30.2 Å². The quantitative estimate of drug-likeness (QED) is 0.796. The van der Waals surface area contributed by atoms with Crippen molar-refractivity contribution in [2.24, 2.45) is 5.41 Å². The summed E-state index contributed by atoms with van der Waals surface area (Å²) >= 11 is 0. The Morgan fingerprint density at radius 3 is 2.48 bits per heavy atom. The molecular formula is C22H30N4O. The van der Waals surface area contributed by atoms with E-state index in [2.05, 4.69) is 48.4 Å². The van der Waals surface area contributed by atoms with Gasteiger partial charge in [-0.1, -0.05) is 68.7 Å². The van der Waals surface area contributed by atoms with Crippen molar-refractivity contribution in [2.45, 2.75) is 63.8 Å². The molecule has 4 rings (SSSR count). The van der Waals surface area contributed by atoms with E-state index in [1.807, 2.05) is 28.9 Å². The molecule has 1 aromatic heterocycles. The summed E-state index contributed by atoms with van der Waals surface area (Å²) in [5.74, 6) is -0.0323. The van der Waals surface area contributed by atoms with Crippen molar-refractivity contribution < 1.29 is 4.79 Å². The van der Waals surface area contributed by atoms with Crippen molar-refractivity contribution in [1.29, 1.82) is 0 Å². The zero-order valence-corrected chi connectivity index (χ0v) is 16.7. The molecule has 0 bridgehead atoms. The van der Waals surface area contributed by atoms with Gasteiger partial charge >= 0.3 is 0 Å². The molecule has 0 saturated heterocycles. The second-order valence-electron chi connectivity index (χ2n) is 9.05. The second-order valence-corrected chi connectivity index (χ2v) is 9.05. The zero-order valence-electron chi connectivity index (χ0n) is 16.7. The largest absolute Gasteiger partial charge is 0.339 e. The minimum Gasteiger partial charge on any atom is -0.339 e. The van der Waals surface area contributed by atoms with Crippen LogP contribution in [-0.4, -0.2) is 39.4 Å². The third-order valence-electron chi connectivity index (χ3n) is 6.77. The van der Waals surface area contributed by atoms with E-state index in [4.69, 9.17) is 0 Å². The Labute approximate surface area is 161 Å². The first kappa shape index (κ1) is 18.2. The maximum absolute atomic E-state index is 13.0. The molecule has 1 heterocycles. The molecule has 0 radical (unpaired) electrons. The first-order chi connectivity index (χ1) is 12.9. The van der Waals surface area contributed by atoms with Gasteiger partial charge in [-0.15, -0.1) is 5.10 Å². The summed E-state index contributed by atoms with van der Waals surface area (Å²) in [5, 5.41) is 8.46. The average Bonchev–Trinajstić information content (AvgIpc) is 3.03. The predicted octanol–water partition coefficient (Wildman–Crippen LogP) is 4.22. The lowest BCUT2D eigenvalue weighted by Crippen LogP contribution is -2.36. The van der Waals surface area contributed by atoms with Crippen LogP contribution in [0.25, 0.3) is 0 Å². The van der Waals surface area contributed by atoms with E-state index in [1.54, 1.807) is 0 Å². The molecule has 2 saturated carbocycles. The number of hydrogen-bond donors (Lipinski definition) is 0. The topological polar surface area (TPSA) is 51.0 Å². The summed E-state index contributed by atoms with van der Waals surface area (Å²) in [5.41, 5.74) is 2.01. The lowest BCUT2D eigenvalue weighted by molar-refractivity contribution is 0.0769. The molecule has 1 aromatic carbocycles. The highest BCUT2D eigenvalue weighted by Gasteiger charge is 2.62. The summed E-state index contributed by atoms with van der Waals surface area (Å²) < 4.78 is 1.91. The fourth-order valence-corrected chi connectivity index (χ4v) is 4.89. The molecule has 5 heteroatoms. The minimum absolute atomic E-state index is 0.0258. The summed E-state index contributed by atoms with van der Waals surface area (Å²) in [6.45, 7) is 5.29. The van der Waals surface area contributed by atoms with Crippen molar-refractivity contribution in [3.05, 3.63) is 47.8 Å². The molecule has 2 aliphatic carbocycles. The van der Waals surface area contributed by atoms with Crippen molar-refractivity contribution >= 4 is 5.91 Å². The molecule has 1 amide bonds. The molecule has 2 aromatic rings. The summed E-state index contributed by atoms with van der Waals surface area (Å²) in [4.78, 5) is 14.8. The van der Waals surface area contributed by atoms with Gasteiger partial charge < -0.3 is 4.90 Å². The number of amides is 1. The molecule has 27 heavy (non-hydrogen) atoms. The second kappa shape index (κ2) is 6.77. The third kappa shape index (κ3) is 3.28. The SMILES string of the molecule is CN(C[C@@]1(c2ccccc2)CC1(C)C)C(=O)c1cn(C2CCCCC2)nn1. The average molecular weight is 367 g/mol. The van der Waals surface area contributed by atoms with Crippen molar-refractivity contribution in [1.82, 2.24) is 19.9 Å². The minimum atomic E-state index is -0.0323. The Hall–Kier alpha value is -2.17. The Morgan fingerprint density at radius 1 is 1.19 bits per heavy atom. The zero-order chi connectivity index (χ0) is 19.1. The maximum atomic E-state index is 13.0. The van der Waals surface area contributed by atoms with E-state index in [-0.39, 0.29) is 16.7 Å². The van der Waals surface area contributed by atoms with Gasteiger partial charge in [0.05, 0.1) is 12.2 Å². The highest BCUT2D eigenvalue weighted by Crippen LogP contribution is 2.64. The van der Waals surface area contributed by atoms with Gasteiger partial charge in [-0.3, -0.25) is 4.79 Å². The van der Waals surface area contributed by atoms with Crippen LogP contribution in [0.3, 0.4) is 0 Å². The highest BCUT2D eigenvalue weighted by molar-refractivity contribution is 5.91. The molecule has 2 fully saturated rings. The Kier molecular flexibility index (Phi) is 4.57. The molecule has 0 aliphatic heterocycles. The van der Waals surface area contributed by atoms with E-state index in [0.29, 0.717) is 18.3 Å². The van der Waals surface area contributed by atoms with Gasteiger partial charge in [-0.2, -0.15) is 0 Å². The van der Waals surface area contributed by atoms with Gasteiger partial charge in [0.1, 0.15) is 0 Å². The molecule has 2 aliphatic rings. The fourth-order valence-electron chi connectivity index (χ4n) is 4.89. The molecule has 0 N–H and O–H groups in total. The highest BCUT2D eigenvalue weighted by atomic mass is 16.2. The first-order valence-electron chi connectivity index (χ1n) is 10.2. The molecule has 0 unspecified atom stereocenters. The molecule has 0 spiro atoms. The summed E-state index contributed by atoms with van der Waals surface area (Å²) in [7, 11) is 1.89. The smallest absolute Gasteiger partial charge is 0.275 e. The van der Waals surface area contributed by atoms with Crippen LogP contribution < -0.4 is 0 Å². The fraction of sp³-hybridized carbons (Fsp3) is 0.591. The molecule has 5 nitrogen and oxygen atoms in total. The molecule has 144 valence electrons. The molecular weight excluding hydrogens is 336 g/mol. The normalized spacial score (nSPS) is 24.6. The van der Waals surface area contributed by atoms with Gasteiger partial charge in [0.15, 0.2) is 5.69 Å². The standard InChI is InChI=1S/C22H30N4O/c1-21(2)15-22(21,17-10-6-4-7-11-17)16-25(3)20(27)19-14-26(24-23-19)18-12-8-5-9-13-18/h4,6-7,10-11,14,18H,5,8-9,12-13,15-16H2,1-3H3/t22-/m1/s1. The monoisotopic (exact) mass is 366 g/mol. The number of aromatic nitrogens is 3. The van der Waals surface area contributed by atoms with E-state index in [1.165, 1.54) is 24.8 Å². The predicted molar refractivity (Wildman–Crippen MR) is 106 cm³/mol. The number of carbonyl (C=O) groups excluding carboxylic acids is 1. The van der Waals surface area contributed by atoms with Crippen LogP contribution in [0.15, 0.2) is 36.5 Å². The first-order valence-corrected chi connectivity index (χ1v) is 10.2. The number of likely N-dealkylation sites (N-methyl/N-ethyl adjacent to an activating group) is 1.